The zero-order chi connectivity index (χ0) is 18.1. The predicted octanol–water partition coefficient (Wildman–Crippen LogP) is 4.83. The van der Waals surface area contributed by atoms with Crippen LogP contribution in [0.25, 0.3) is 11.0 Å². The lowest BCUT2D eigenvalue weighted by molar-refractivity contribution is 0.0699. The van der Waals surface area contributed by atoms with Gasteiger partial charge in [-0.15, -0.1) is 5.54 Å². The van der Waals surface area contributed by atoms with Crippen LogP contribution in [0.3, 0.4) is 0 Å². The summed E-state index contributed by atoms with van der Waals surface area (Å²) in [5.74, 6) is 2.38. The third-order valence-corrected chi connectivity index (χ3v) is 11.4. The van der Waals surface area contributed by atoms with Crippen molar-refractivity contribution < 1.29 is 9.90 Å². The van der Waals surface area contributed by atoms with Crippen LogP contribution in [0.4, 0.5) is 0 Å². The molecule has 0 atom stereocenters. The number of aromatic carboxylic acids is 1. The Hall–Kier alpha value is -2.06. The zero-order valence-corrected chi connectivity index (χ0v) is 16.3. The van der Waals surface area contributed by atoms with Crippen LogP contribution in [0.2, 0.25) is 16.6 Å². The summed E-state index contributed by atoms with van der Waals surface area (Å²) in [6.07, 6.45) is 3.17. The number of nitrogens with one attached hydrogen (secondary N) is 1. The number of hydrogen-bond donors (Lipinski definition) is 2. The maximum atomic E-state index is 11.5. The van der Waals surface area contributed by atoms with Crippen molar-refractivity contribution in [3.05, 3.63) is 29.6 Å². The molecule has 128 valence electrons. The number of aromatic amines is 1. The standard InChI is InChI=1S/C19H26N2O2Si/c1-12(2)24(13(3)4,14(5)6)10-8-15-7-9-20-18-17(15)16(11-21-18)19(22)23/h7,9,11-14H,1-6H3,(H,20,21)(H,22,23). The summed E-state index contributed by atoms with van der Waals surface area (Å²) in [6, 6.07) is 1.82. The molecule has 24 heavy (non-hydrogen) atoms. The molecule has 2 N–H and O–H groups in total. The SMILES string of the molecule is CC(C)[Si](C#Cc1ccnc2[nH]cc(C(=O)O)c12)(C(C)C)C(C)C. The molecule has 0 spiro atoms. The molecule has 0 unspecified atom stereocenters. The van der Waals surface area contributed by atoms with Crippen molar-refractivity contribution in [3.8, 4) is 11.5 Å². The second-order valence-corrected chi connectivity index (χ2v) is 12.8. The number of rotatable bonds is 4. The highest BCUT2D eigenvalue weighted by molar-refractivity contribution is 6.90. The monoisotopic (exact) mass is 342 g/mol. The summed E-state index contributed by atoms with van der Waals surface area (Å²) in [5.41, 5.74) is 6.81. The molecule has 4 nitrogen and oxygen atoms in total. The summed E-state index contributed by atoms with van der Waals surface area (Å²) in [7, 11) is -1.86. The third-order valence-electron chi connectivity index (χ3n) is 5.08. The van der Waals surface area contributed by atoms with Crippen molar-refractivity contribution in [2.24, 2.45) is 0 Å². The first-order valence-electron chi connectivity index (χ1n) is 8.44. The number of hydrogen-bond acceptors (Lipinski definition) is 2. The molecule has 2 rings (SSSR count). The molecule has 2 aromatic rings. The van der Waals surface area contributed by atoms with E-state index in [4.69, 9.17) is 0 Å². The van der Waals surface area contributed by atoms with Crippen molar-refractivity contribution in [2.45, 2.75) is 58.2 Å². The number of fused-ring (bicyclic) bond motifs is 1. The van der Waals surface area contributed by atoms with Crippen LogP contribution in [0, 0.1) is 11.5 Å². The van der Waals surface area contributed by atoms with E-state index in [9.17, 15) is 9.90 Å². The average molecular weight is 343 g/mol. The number of pyridine rings is 1. The summed E-state index contributed by atoms with van der Waals surface area (Å²) in [5, 5.41) is 10.0. The summed E-state index contributed by atoms with van der Waals surface area (Å²) in [4.78, 5) is 18.6. The topological polar surface area (TPSA) is 66.0 Å². The number of aromatic nitrogens is 2. The minimum absolute atomic E-state index is 0.230. The lowest BCUT2D eigenvalue weighted by Crippen LogP contribution is -2.43. The molecular weight excluding hydrogens is 316 g/mol. The highest BCUT2D eigenvalue weighted by Crippen LogP contribution is 2.40. The van der Waals surface area contributed by atoms with Gasteiger partial charge in [0.15, 0.2) is 0 Å². The van der Waals surface area contributed by atoms with Crippen LogP contribution in [-0.4, -0.2) is 29.1 Å². The summed E-state index contributed by atoms with van der Waals surface area (Å²) < 4.78 is 0. The van der Waals surface area contributed by atoms with Gasteiger partial charge < -0.3 is 10.1 Å². The molecule has 2 aromatic heterocycles. The van der Waals surface area contributed by atoms with E-state index < -0.39 is 14.0 Å². The predicted molar refractivity (Wildman–Crippen MR) is 101 cm³/mol. The highest BCUT2D eigenvalue weighted by atomic mass is 28.3. The van der Waals surface area contributed by atoms with Crippen LogP contribution in [0.1, 0.15) is 57.5 Å². The molecule has 5 heteroatoms. The lowest BCUT2D eigenvalue weighted by atomic mass is 10.1. The number of nitrogens with zero attached hydrogens (tertiary/aromatic N) is 1. The lowest BCUT2D eigenvalue weighted by Gasteiger charge is -2.38. The molecule has 0 fully saturated rings. The normalized spacial score (nSPS) is 12.0. The van der Waals surface area contributed by atoms with Crippen molar-refractivity contribution in [1.29, 1.82) is 0 Å². The Labute approximate surface area is 144 Å². The van der Waals surface area contributed by atoms with E-state index in [-0.39, 0.29) is 5.56 Å². The third kappa shape index (κ3) is 2.99. The van der Waals surface area contributed by atoms with Gasteiger partial charge in [-0.25, -0.2) is 9.78 Å². The van der Waals surface area contributed by atoms with E-state index in [1.807, 2.05) is 6.07 Å². The van der Waals surface area contributed by atoms with Gasteiger partial charge in [0.05, 0.1) is 5.56 Å². The number of carboxylic acid groups (broad SMARTS) is 1. The molecule has 2 heterocycles. The second-order valence-electron chi connectivity index (χ2n) is 7.24. The molecule has 0 saturated carbocycles. The van der Waals surface area contributed by atoms with E-state index in [1.165, 1.54) is 6.20 Å². The minimum Gasteiger partial charge on any atom is -0.478 e. The maximum Gasteiger partial charge on any atom is 0.337 e. The molecule has 0 aliphatic heterocycles. The Kier molecular flexibility index (Phi) is 5.19. The van der Waals surface area contributed by atoms with Crippen molar-refractivity contribution >= 4 is 25.1 Å². The molecule has 0 amide bonds. The molecule has 0 aliphatic rings. The van der Waals surface area contributed by atoms with Gasteiger partial charge in [0.25, 0.3) is 0 Å². The fraction of sp³-hybridized carbons (Fsp3) is 0.474. The number of carboxylic acids is 1. The quantitative estimate of drug-likeness (QED) is 0.618. The van der Waals surface area contributed by atoms with Crippen LogP contribution < -0.4 is 0 Å². The van der Waals surface area contributed by atoms with Gasteiger partial charge in [-0.2, -0.15) is 0 Å². The van der Waals surface area contributed by atoms with Crippen molar-refractivity contribution in [3.63, 3.8) is 0 Å². The van der Waals surface area contributed by atoms with Crippen LogP contribution in [0.15, 0.2) is 18.5 Å². The van der Waals surface area contributed by atoms with E-state index in [0.29, 0.717) is 27.7 Å². The largest absolute Gasteiger partial charge is 0.478 e. The smallest absolute Gasteiger partial charge is 0.337 e. The second kappa shape index (κ2) is 6.82. The van der Waals surface area contributed by atoms with E-state index >= 15 is 0 Å². The van der Waals surface area contributed by atoms with Crippen LogP contribution in [-0.2, 0) is 0 Å². The van der Waals surface area contributed by atoms with Gasteiger partial charge in [0.1, 0.15) is 13.7 Å². The van der Waals surface area contributed by atoms with Gasteiger partial charge in [0, 0.05) is 23.3 Å². The molecule has 0 aromatic carbocycles. The van der Waals surface area contributed by atoms with Gasteiger partial charge in [-0.05, 0) is 22.7 Å². The molecule has 0 aliphatic carbocycles. The Bertz CT molecular complexity index is 788. The number of H-pyrrole nitrogens is 1. The molecular formula is C19H26N2O2Si. The first-order chi connectivity index (χ1) is 11.2. The molecule has 0 radical (unpaired) electrons. The van der Waals surface area contributed by atoms with Gasteiger partial charge in [-0.3, -0.25) is 0 Å². The van der Waals surface area contributed by atoms with E-state index in [1.54, 1.807) is 6.20 Å². The molecule has 0 bridgehead atoms. The first-order valence-corrected chi connectivity index (χ1v) is 10.7. The maximum absolute atomic E-state index is 11.5. The highest BCUT2D eigenvalue weighted by Gasteiger charge is 2.41. The van der Waals surface area contributed by atoms with E-state index in [0.717, 1.165) is 5.56 Å². The Morgan fingerprint density at radius 3 is 2.25 bits per heavy atom. The number of carbonyl (C=O) groups is 1. The first kappa shape index (κ1) is 18.3. The van der Waals surface area contributed by atoms with Crippen molar-refractivity contribution in [2.75, 3.05) is 0 Å². The Morgan fingerprint density at radius 2 is 1.75 bits per heavy atom. The Morgan fingerprint density at radius 1 is 1.17 bits per heavy atom. The van der Waals surface area contributed by atoms with Crippen LogP contribution >= 0.6 is 0 Å². The van der Waals surface area contributed by atoms with Gasteiger partial charge in [0.2, 0.25) is 0 Å². The van der Waals surface area contributed by atoms with Crippen LogP contribution in [0.5, 0.6) is 0 Å². The fourth-order valence-electron chi connectivity index (χ4n) is 3.94. The van der Waals surface area contributed by atoms with Crippen molar-refractivity contribution in [1.82, 2.24) is 9.97 Å². The van der Waals surface area contributed by atoms with Gasteiger partial charge >= 0.3 is 5.97 Å². The summed E-state index contributed by atoms with van der Waals surface area (Å²) in [6.45, 7) is 13.6. The minimum atomic E-state index is -1.86. The average Bonchev–Trinajstić information content (AvgIpc) is 2.91. The van der Waals surface area contributed by atoms with Gasteiger partial charge in [-0.1, -0.05) is 47.5 Å². The fourth-order valence-corrected chi connectivity index (χ4v) is 9.16. The Balaban J connectivity index is 2.67. The van der Waals surface area contributed by atoms with E-state index in [2.05, 4.69) is 63.0 Å². The molecule has 0 saturated heterocycles. The zero-order valence-electron chi connectivity index (χ0n) is 15.3. The summed E-state index contributed by atoms with van der Waals surface area (Å²) >= 11 is 0.